The Morgan fingerprint density at radius 1 is 0.667 bits per heavy atom. The summed E-state index contributed by atoms with van der Waals surface area (Å²) in [6, 6.07) is 0.401. The molecule has 16 heteroatoms. The van der Waals surface area contributed by atoms with Crippen molar-refractivity contribution in [2.75, 3.05) is 118 Å². The molecule has 3 unspecified atom stereocenters. The molecule has 0 saturated carbocycles. The lowest BCUT2D eigenvalue weighted by Gasteiger charge is -2.16. The molecule has 0 aromatic carbocycles. The highest BCUT2D eigenvalue weighted by molar-refractivity contribution is 8.00. The van der Waals surface area contributed by atoms with Crippen molar-refractivity contribution < 1.29 is 57.4 Å². The monoisotopic (exact) mass is 667 g/mol. The van der Waals surface area contributed by atoms with Gasteiger partial charge in [0, 0.05) is 24.0 Å². The van der Waals surface area contributed by atoms with Gasteiger partial charge in [0.1, 0.15) is 0 Å². The van der Waals surface area contributed by atoms with Gasteiger partial charge >= 0.3 is 12.0 Å². The molecule has 0 bridgehead atoms. The average Bonchev–Trinajstić information content (AvgIpc) is 3.57. The first kappa shape index (κ1) is 39.4. The molecule has 2 aliphatic heterocycles. The van der Waals surface area contributed by atoms with E-state index in [4.69, 9.17) is 43.0 Å². The zero-order chi connectivity index (χ0) is 32.2. The van der Waals surface area contributed by atoms with Gasteiger partial charge in [-0.1, -0.05) is 6.42 Å². The SMILES string of the molecule is O=C(O)CCOCCOCCOCCOCCOCCOCCOCCOCCNC(=O)CCCCC1SCC2NC(=O)NC21. The summed E-state index contributed by atoms with van der Waals surface area (Å²) in [6.45, 7) is 7.47. The summed E-state index contributed by atoms with van der Waals surface area (Å²) in [5.41, 5.74) is 0. The number of carboxylic acids is 1. The third kappa shape index (κ3) is 21.6. The first-order chi connectivity index (χ1) is 22.1. The fraction of sp³-hybridized carbons (Fsp3) is 0.897. The molecule has 0 radical (unpaired) electrons. The highest BCUT2D eigenvalue weighted by Gasteiger charge is 2.42. The minimum absolute atomic E-state index is 0.00592. The Labute approximate surface area is 270 Å². The van der Waals surface area contributed by atoms with Crippen molar-refractivity contribution in [3.8, 4) is 0 Å². The number of carbonyl (C=O) groups is 3. The minimum Gasteiger partial charge on any atom is -0.481 e. The Balaban J connectivity index is 1.18. The second-order valence-corrected chi connectivity index (χ2v) is 11.5. The molecule has 2 saturated heterocycles. The van der Waals surface area contributed by atoms with Crippen LogP contribution >= 0.6 is 11.8 Å². The van der Waals surface area contributed by atoms with Gasteiger partial charge in [-0.25, -0.2) is 4.79 Å². The number of fused-ring (bicyclic) bond motifs is 1. The Morgan fingerprint density at radius 2 is 1.13 bits per heavy atom. The number of carbonyl (C=O) groups excluding carboxylic acids is 2. The summed E-state index contributed by atoms with van der Waals surface area (Å²) in [5, 5.41) is 17.7. The molecule has 2 heterocycles. The quantitative estimate of drug-likeness (QED) is 0.0574. The smallest absolute Gasteiger partial charge is 0.315 e. The van der Waals surface area contributed by atoms with Crippen LogP contribution in [0.5, 0.6) is 0 Å². The fourth-order valence-corrected chi connectivity index (χ4v) is 5.97. The fourth-order valence-electron chi connectivity index (χ4n) is 4.43. The van der Waals surface area contributed by atoms with Crippen molar-refractivity contribution in [2.24, 2.45) is 0 Å². The molecule has 3 atom stereocenters. The van der Waals surface area contributed by atoms with Crippen molar-refractivity contribution in [3.63, 3.8) is 0 Å². The Kier molecular flexibility index (Phi) is 24.0. The lowest BCUT2D eigenvalue weighted by molar-refractivity contribution is -0.138. The van der Waals surface area contributed by atoms with Gasteiger partial charge < -0.3 is 59.0 Å². The van der Waals surface area contributed by atoms with E-state index in [9.17, 15) is 14.4 Å². The van der Waals surface area contributed by atoms with Crippen molar-refractivity contribution in [1.29, 1.82) is 0 Å². The second kappa shape index (κ2) is 27.4. The lowest BCUT2D eigenvalue weighted by atomic mass is 10.0. The van der Waals surface area contributed by atoms with Gasteiger partial charge in [0.2, 0.25) is 5.91 Å². The topological polar surface area (TPSA) is 181 Å². The van der Waals surface area contributed by atoms with Crippen LogP contribution in [0.4, 0.5) is 4.79 Å². The van der Waals surface area contributed by atoms with Crippen molar-refractivity contribution in [1.82, 2.24) is 16.0 Å². The Morgan fingerprint density at radius 3 is 1.62 bits per heavy atom. The van der Waals surface area contributed by atoms with E-state index in [1.807, 2.05) is 11.8 Å². The van der Waals surface area contributed by atoms with Crippen LogP contribution in [0.2, 0.25) is 0 Å². The minimum atomic E-state index is -0.877. The lowest BCUT2D eigenvalue weighted by Crippen LogP contribution is -2.36. The molecule has 2 fully saturated rings. The molecule has 4 N–H and O–H groups in total. The average molecular weight is 668 g/mol. The number of hydrogen-bond acceptors (Lipinski definition) is 12. The number of hydrogen-bond donors (Lipinski definition) is 4. The second-order valence-electron chi connectivity index (χ2n) is 10.3. The maximum atomic E-state index is 12.0. The molecule has 3 amide bonds. The van der Waals surface area contributed by atoms with Crippen LogP contribution in [0.15, 0.2) is 0 Å². The molecular weight excluding hydrogens is 614 g/mol. The number of nitrogens with one attached hydrogen (secondary N) is 3. The van der Waals surface area contributed by atoms with Crippen LogP contribution in [0, 0.1) is 0 Å². The number of ether oxygens (including phenoxy) is 8. The van der Waals surface area contributed by atoms with Gasteiger partial charge in [-0.15, -0.1) is 0 Å². The van der Waals surface area contributed by atoms with Gasteiger partial charge in [0.25, 0.3) is 0 Å². The molecule has 0 aliphatic carbocycles. The predicted molar refractivity (Wildman–Crippen MR) is 166 cm³/mol. The highest BCUT2D eigenvalue weighted by Crippen LogP contribution is 2.33. The van der Waals surface area contributed by atoms with Gasteiger partial charge in [-0.05, 0) is 12.8 Å². The molecule has 15 nitrogen and oxygen atoms in total. The molecule has 0 spiro atoms. The number of aliphatic carboxylic acids is 1. The normalized spacial score (nSPS) is 18.9. The molecular formula is C29H53N3O12S. The summed E-state index contributed by atoms with van der Waals surface area (Å²) >= 11 is 1.90. The van der Waals surface area contributed by atoms with Gasteiger partial charge in [-0.2, -0.15) is 11.8 Å². The van der Waals surface area contributed by atoms with E-state index >= 15 is 0 Å². The maximum absolute atomic E-state index is 12.0. The molecule has 45 heavy (non-hydrogen) atoms. The number of rotatable bonds is 32. The maximum Gasteiger partial charge on any atom is 0.315 e. The number of carboxylic acid groups (broad SMARTS) is 1. The summed E-state index contributed by atoms with van der Waals surface area (Å²) in [4.78, 5) is 33.8. The summed E-state index contributed by atoms with van der Waals surface area (Å²) in [5.74, 6) is 0.119. The van der Waals surface area contributed by atoms with Crippen molar-refractivity contribution >= 4 is 29.7 Å². The molecule has 0 aromatic rings. The summed E-state index contributed by atoms with van der Waals surface area (Å²) in [7, 11) is 0. The van der Waals surface area contributed by atoms with E-state index in [2.05, 4.69) is 16.0 Å². The van der Waals surface area contributed by atoms with Gasteiger partial charge in [0.15, 0.2) is 0 Å². The third-order valence-electron chi connectivity index (χ3n) is 6.71. The summed E-state index contributed by atoms with van der Waals surface area (Å²) in [6.07, 6.45) is 3.32. The van der Waals surface area contributed by atoms with Crippen LogP contribution in [-0.2, 0) is 47.5 Å². The highest BCUT2D eigenvalue weighted by atomic mass is 32.2. The van der Waals surface area contributed by atoms with Gasteiger partial charge in [0.05, 0.1) is 124 Å². The zero-order valence-electron chi connectivity index (χ0n) is 26.3. The zero-order valence-corrected chi connectivity index (χ0v) is 27.2. The van der Waals surface area contributed by atoms with E-state index in [1.54, 1.807) is 0 Å². The van der Waals surface area contributed by atoms with E-state index < -0.39 is 5.97 Å². The van der Waals surface area contributed by atoms with Crippen molar-refractivity contribution in [3.05, 3.63) is 0 Å². The molecule has 0 aromatic heterocycles. The van der Waals surface area contributed by atoms with Crippen LogP contribution in [0.3, 0.4) is 0 Å². The standard InChI is InChI=1S/C29H53N3O12S/c33-26(4-2-1-3-25-28-24(23-45-25)31-29(36)32-28)30-6-8-38-10-12-40-14-16-42-18-20-44-22-21-43-19-17-41-15-13-39-11-9-37-7-5-27(34)35/h24-25,28H,1-23H2,(H,30,33)(H,34,35)(H2,31,32,36). The Hall–Kier alpha value is -1.76. The number of amides is 3. The summed E-state index contributed by atoms with van der Waals surface area (Å²) < 4.78 is 43.1. The number of thioether (sulfide) groups is 1. The number of urea groups is 1. The largest absolute Gasteiger partial charge is 0.481 e. The van der Waals surface area contributed by atoms with Crippen LogP contribution in [0.1, 0.15) is 32.1 Å². The predicted octanol–water partition coefficient (Wildman–Crippen LogP) is 0.436. The van der Waals surface area contributed by atoms with E-state index in [0.717, 1.165) is 25.0 Å². The first-order valence-electron chi connectivity index (χ1n) is 15.9. The molecule has 2 aliphatic rings. The van der Waals surface area contributed by atoms with Crippen LogP contribution in [0.25, 0.3) is 0 Å². The first-order valence-corrected chi connectivity index (χ1v) is 16.9. The van der Waals surface area contributed by atoms with E-state index in [0.29, 0.717) is 117 Å². The third-order valence-corrected chi connectivity index (χ3v) is 8.22. The van der Waals surface area contributed by atoms with E-state index in [-0.39, 0.29) is 37.0 Å². The number of unbranched alkanes of at least 4 members (excludes halogenated alkanes) is 1. The van der Waals surface area contributed by atoms with Crippen molar-refractivity contribution in [2.45, 2.75) is 49.4 Å². The van der Waals surface area contributed by atoms with E-state index in [1.165, 1.54) is 0 Å². The molecule has 2 rings (SSSR count). The Bertz CT molecular complexity index is 785. The van der Waals surface area contributed by atoms with Crippen LogP contribution < -0.4 is 16.0 Å². The molecule has 262 valence electrons. The van der Waals surface area contributed by atoms with Crippen LogP contribution in [-0.4, -0.2) is 158 Å². The van der Waals surface area contributed by atoms with Gasteiger partial charge in [-0.3, -0.25) is 9.59 Å².